The second-order valence-electron chi connectivity index (χ2n) is 6.80. The lowest BCUT2D eigenvalue weighted by molar-refractivity contribution is 0.289. The quantitative estimate of drug-likeness (QED) is 0.635. The lowest BCUT2D eigenvalue weighted by Crippen LogP contribution is -2.29. The van der Waals surface area contributed by atoms with Gasteiger partial charge in [0.2, 0.25) is 11.2 Å². The summed E-state index contributed by atoms with van der Waals surface area (Å²) >= 11 is 5.87. The molecule has 0 amide bonds. The van der Waals surface area contributed by atoms with E-state index in [9.17, 15) is 4.79 Å². The maximum absolute atomic E-state index is 12.4. The Bertz CT molecular complexity index is 997. The molecule has 1 aliphatic rings. The maximum atomic E-state index is 12.4. The highest BCUT2D eigenvalue weighted by Crippen LogP contribution is 2.33. The van der Waals surface area contributed by atoms with Crippen LogP contribution in [0.5, 0.6) is 5.75 Å². The van der Waals surface area contributed by atoms with Crippen LogP contribution in [0.15, 0.2) is 70.1 Å². The van der Waals surface area contributed by atoms with Crippen molar-refractivity contribution >= 4 is 17.3 Å². The molecule has 1 aromatic heterocycles. The van der Waals surface area contributed by atoms with Crippen LogP contribution in [-0.4, -0.2) is 6.04 Å². The second-order valence-corrected chi connectivity index (χ2v) is 7.24. The Hall–Kier alpha value is -2.72. The fraction of sp³-hybridized carbons (Fsp3) is 0.227. The van der Waals surface area contributed by atoms with Gasteiger partial charge >= 0.3 is 0 Å². The summed E-state index contributed by atoms with van der Waals surface area (Å²) in [5, 5.41) is 0.667. The van der Waals surface area contributed by atoms with Crippen molar-refractivity contribution in [2.75, 3.05) is 4.90 Å². The number of benzene rings is 2. The first kappa shape index (κ1) is 17.7. The molecular weight excluding hydrogens is 362 g/mol. The number of para-hydroxylation sites is 1. The van der Waals surface area contributed by atoms with Gasteiger partial charge in [0, 0.05) is 22.8 Å². The van der Waals surface area contributed by atoms with E-state index in [1.165, 1.54) is 23.6 Å². The minimum atomic E-state index is -0.176. The minimum Gasteiger partial charge on any atom is -0.482 e. The summed E-state index contributed by atoms with van der Waals surface area (Å²) in [7, 11) is 0. The molecule has 0 saturated heterocycles. The highest BCUT2D eigenvalue weighted by Gasteiger charge is 2.26. The minimum absolute atomic E-state index is 0.176. The topological polar surface area (TPSA) is 42.7 Å². The molecule has 4 nitrogen and oxygen atoms in total. The van der Waals surface area contributed by atoms with Gasteiger partial charge < -0.3 is 14.1 Å². The van der Waals surface area contributed by atoms with Gasteiger partial charge in [0.15, 0.2) is 0 Å². The fourth-order valence-electron chi connectivity index (χ4n) is 3.41. The molecule has 1 aliphatic heterocycles. The molecule has 2 aromatic carbocycles. The highest BCUT2D eigenvalue weighted by molar-refractivity contribution is 6.30. The van der Waals surface area contributed by atoms with Gasteiger partial charge in [-0.2, -0.15) is 0 Å². The van der Waals surface area contributed by atoms with Gasteiger partial charge in [0.05, 0.1) is 6.54 Å². The second kappa shape index (κ2) is 7.49. The number of fused-ring (bicyclic) bond motifs is 1. The van der Waals surface area contributed by atoms with Crippen LogP contribution in [0.25, 0.3) is 0 Å². The van der Waals surface area contributed by atoms with Crippen LogP contribution in [0.3, 0.4) is 0 Å². The molecule has 0 spiro atoms. The molecule has 138 valence electrons. The number of nitrogens with zero attached hydrogens (tertiary/aromatic N) is 1. The standard InChI is InChI=1S/C22H20ClNO3/c1-15-10-17-4-2-3-5-20(17)24(15)12-19-11-21(25)22(14-26-19)27-13-16-6-8-18(23)9-7-16/h2-9,11,14-15H,10,12-13H2,1H3/t15-/m0/s1. The first-order valence-corrected chi connectivity index (χ1v) is 9.31. The zero-order valence-corrected chi connectivity index (χ0v) is 15.8. The van der Waals surface area contributed by atoms with Gasteiger partial charge in [-0.3, -0.25) is 4.79 Å². The van der Waals surface area contributed by atoms with Crippen molar-refractivity contribution in [2.24, 2.45) is 0 Å². The van der Waals surface area contributed by atoms with Crippen molar-refractivity contribution in [2.45, 2.75) is 32.5 Å². The number of hydrogen-bond acceptors (Lipinski definition) is 4. The summed E-state index contributed by atoms with van der Waals surface area (Å²) in [5.74, 6) is 0.839. The lowest BCUT2D eigenvalue weighted by Gasteiger charge is -2.24. The van der Waals surface area contributed by atoms with Crippen molar-refractivity contribution in [1.82, 2.24) is 0 Å². The van der Waals surface area contributed by atoms with E-state index in [2.05, 4.69) is 30.0 Å². The molecule has 1 atom stereocenters. The van der Waals surface area contributed by atoms with E-state index in [0.717, 1.165) is 12.0 Å². The molecule has 3 aromatic rings. The molecule has 0 saturated carbocycles. The number of ether oxygens (including phenoxy) is 1. The predicted molar refractivity (Wildman–Crippen MR) is 107 cm³/mol. The Balaban J connectivity index is 1.46. The van der Waals surface area contributed by atoms with Crippen LogP contribution in [0.2, 0.25) is 5.02 Å². The SMILES string of the molecule is C[C@H]1Cc2ccccc2N1Cc1cc(=O)c(OCc2ccc(Cl)cc2)co1. The van der Waals surface area contributed by atoms with Crippen LogP contribution in [0, 0.1) is 0 Å². The lowest BCUT2D eigenvalue weighted by atomic mass is 10.1. The van der Waals surface area contributed by atoms with Gasteiger partial charge in [0.1, 0.15) is 18.6 Å². The summed E-state index contributed by atoms with van der Waals surface area (Å²) in [6.07, 6.45) is 2.41. The summed E-state index contributed by atoms with van der Waals surface area (Å²) in [6.45, 7) is 3.03. The molecule has 0 bridgehead atoms. The van der Waals surface area contributed by atoms with E-state index in [-0.39, 0.29) is 17.8 Å². The largest absolute Gasteiger partial charge is 0.482 e. The highest BCUT2D eigenvalue weighted by atomic mass is 35.5. The van der Waals surface area contributed by atoms with E-state index in [4.69, 9.17) is 20.8 Å². The van der Waals surface area contributed by atoms with Crippen LogP contribution in [0.4, 0.5) is 5.69 Å². The third-order valence-electron chi connectivity index (χ3n) is 4.83. The molecule has 0 radical (unpaired) electrons. The number of halogens is 1. The molecule has 0 unspecified atom stereocenters. The Morgan fingerprint density at radius 1 is 1.19 bits per heavy atom. The maximum Gasteiger partial charge on any atom is 0.227 e. The summed E-state index contributed by atoms with van der Waals surface area (Å²) in [5.41, 5.74) is 3.29. The smallest absolute Gasteiger partial charge is 0.227 e. The van der Waals surface area contributed by atoms with Crippen molar-refractivity contribution in [3.05, 3.63) is 93.0 Å². The fourth-order valence-corrected chi connectivity index (χ4v) is 3.53. The van der Waals surface area contributed by atoms with Gasteiger partial charge in [0.25, 0.3) is 0 Å². The number of anilines is 1. The van der Waals surface area contributed by atoms with Crippen LogP contribution in [0.1, 0.15) is 23.8 Å². The summed E-state index contributed by atoms with van der Waals surface area (Å²) in [4.78, 5) is 14.7. The molecule has 0 aliphatic carbocycles. The van der Waals surface area contributed by atoms with Crippen LogP contribution < -0.4 is 15.1 Å². The Kier molecular flexibility index (Phi) is 4.90. The van der Waals surface area contributed by atoms with E-state index in [1.54, 1.807) is 12.1 Å². The van der Waals surface area contributed by atoms with Crippen molar-refractivity contribution in [1.29, 1.82) is 0 Å². The van der Waals surface area contributed by atoms with Gasteiger partial charge in [-0.15, -0.1) is 0 Å². The molecule has 5 heteroatoms. The zero-order chi connectivity index (χ0) is 18.8. The third-order valence-corrected chi connectivity index (χ3v) is 5.09. The number of hydrogen-bond donors (Lipinski definition) is 0. The van der Waals surface area contributed by atoms with Crippen molar-refractivity contribution < 1.29 is 9.15 Å². The normalized spacial score (nSPS) is 15.6. The van der Waals surface area contributed by atoms with Crippen molar-refractivity contribution in [3.8, 4) is 5.75 Å². The zero-order valence-electron chi connectivity index (χ0n) is 15.0. The summed E-state index contributed by atoms with van der Waals surface area (Å²) < 4.78 is 11.3. The average molecular weight is 382 g/mol. The third kappa shape index (κ3) is 3.86. The monoisotopic (exact) mass is 381 g/mol. The molecule has 4 rings (SSSR count). The molecule has 0 N–H and O–H groups in total. The van der Waals surface area contributed by atoms with E-state index in [1.807, 2.05) is 18.2 Å². The van der Waals surface area contributed by atoms with E-state index in [0.29, 0.717) is 23.4 Å². The molecule has 2 heterocycles. The van der Waals surface area contributed by atoms with E-state index < -0.39 is 0 Å². The molecule has 0 fully saturated rings. The average Bonchev–Trinajstić information content (AvgIpc) is 2.98. The Labute approximate surface area is 163 Å². The first-order chi connectivity index (χ1) is 13.1. The Morgan fingerprint density at radius 2 is 1.96 bits per heavy atom. The van der Waals surface area contributed by atoms with Gasteiger partial charge in [-0.25, -0.2) is 0 Å². The molecule has 27 heavy (non-hydrogen) atoms. The Morgan fingerprint density at radius 3 is 2.74 bits per heavy atom. The first-order valence-electron chi connectivity index (χ1n) is 8.93. The van der Waals surface area contributed by atoms with Gasteiger partial charge in [-0.05, 0) is 42.7 Å². The number of rotatable bonds is 5. The predicted octanol–water partition coefficient (Wildman–Crippen LogP) is 4.82. The van der Waals surface area contributed by atoms with E-state index >= 15 is 0 Å². The van der Waals surface area contributed by atoms with Gasteiger partial charge in [-0.1, -0.05) is 41.9 Å². The molecular formula is C22H20ClNO3. The summed E-state index contributed by atoms with van der Waals surface area (Å²) in [6, 6.07) is 17.6. The van der Waals surface area contributed by atoms with Crippen molar-refractivity contribution in [3.63, 3.8) is 0 Å². The van der Waals surface area contributed by atoms with Crippen LogP contribution in [-0.2, 0) is 19.6 Å². The van der Waals surface area contributed by atoms with Crippen LogP contribution >= 0.6 is 11.6 Å².